The third-order valence-corrected chi connectivity index (χ3v) is 5.98. The van der Waals surface area contributed by atoms with Gasteiger partial charge in [-0.05, 0) is 30.5 Å². The maximum absolute atomic E-state index is 13.4. The van der Waals surface area contributed by atoms with E-state index in [1.807, 2.05) is 73.7 Å². The molecule has 2 aromatic heterocycles. The minimum absolute atomic E-state index is 0.0991. The molecule has 9 heteroatoms. The van der Waals surface area contributed by atoms with Crippen molar-refractivity contribution in [1.29, 1.82) is 0 Å². The molecule has 184 valence electrons. The van der Waals surface area contributed by atoms with E-state index in [1.165, 1.54) is 4.57 Å². The lowest BCUT2D eigenvalue weighted by atomic mass is 10.1. The molecule has 4 aromatic rings. The number of nitrogens with two attached hydrogens (primary N) is 1. The molecule has 4 N–H and O–H groups in total. The summed E-state index contributed by atoms with van der Waals surface area (Å²) in [6.07, 6.45) is 0.704. The van der Waals surface area contributed by atoms with Gasteiger partial charge in [0, 0.05) is 24.3 Å². The highest BCUT2D eigenvalue weighted by atomic mass is 35.5. The third-order valence-electron chi connectivity index (χ3n) is 5.71. The summed E-state index contributed by atoms with van der Waals surface area (Å²) in [5.74, 6) is 0.172. The van der Waals surface area contributed by atoms with Crippen molar-refractivity contribution >= 4 is 29.1 Å². The Morgan fingerprint density at radius 2 is 1.69 bits per heavy atom. The first-order valence-corrected chi connectivity index (χ1v) is 11.9. The number of aromatic nitrogens is 3. The Labute approximate surface area is 214 Å². The van der Waals surface area contributed by atoms with Gasteiger partial charge in [-0.3, -0.25) is 14.2 Å². The molecular formula is C27H27ClN6O2. The molecule has 0 aliphatic heterocycles. The summed E-state index contributed by atoms with van der Waals surface area (Å²) in [4.78, 5) is 34.9. The standard InChI is InChI=1S/C27H27ClN6O2/c1-18-21(12-13-22(29)32-18)16-31-23(35)17-34-24(20-10-6-3-7-11-20)25(28)33-26(27(34)36)30-15-14-19-8-4-2-5-9-19/h2-13H,14-17H2,1H3,(H2,29,32)(H,30,33)(H,31,35). The number of amides is 1. The summed E-state index contributed by atoms with van der Waals surface area (Å²) in [6.45, 7) is 2.35. The summed E-state index contributed by atoms with van der Waals surface area (Å²) < 4.78 is 1.36. The van der Waals surface area contributed by atoms with Crippen molar-refractivity contribution in [3.8, 4) is 11.3 Å². The number of halogens is 1. The molecule has 0 radical (unpaired) electrons. The van der Waals surface area contributed by atoms with E-state index in [4.69, 9.17) is 17.3 Å². The normalized spacial score (nSPS) is 10.7. The largest absolute Gasteiger partial charge is 0.384 e. The Kier molecular flexibility index (Phi) is 7.97. The number of benzene rings is 2. The molecule has 0 saturated heterocycles. The Balaban J connectivity index is 1.58. The third kappa shape index (κ3) is 6.09. The van der Waals surface area contributed by atoms with Crippen LogP contribution in [0.4, 0.5) is 11.6 Å². The van der Waals surface area contributed by atoms with E-state index in [-0.39, 0.29) is 30.0 Å². The van der Waals surface area contributed by atoms with Crippen LogP contribution in [0.5, 0.6) is 0 Å². The summed E-state index contributed by atoms with van der Waals surface area (Å²) in [5, 5.41) is 6.07. The zero-order valence-corrected chi connectivity index (χ0v) is 20.6. The first-order chi connectivity index (χ1) is 17.4. The fraction of sp³-hybridized carbons (Fsp3) is 0.185. The SMILES string of the molecule is Cc1nc(N)ccc1CNC(=O)Cn1c(-c2ccccc2)c(Cl)nc(NCCc2ccccc2)c1=O. The summed E-state index contributed by atoms with van der Waals surface area (Å²) in [6, 6.07) is 22.6. The van der Waals surface area contributed by atoms with E-state index in [2.05, 4.69) is 20.6 Å². The van der Waals surface area contributed by atoms with E-state index in [9.17, 15) is 9.59 Å². The zero-order chi connectivity index (χ0) is 25.5. The maximum Gasteiger partial charge on any atom is 0.294 e. The maximum atomic E-state index is 13.4. The molecule has 4 rings (SSSR count). The van der Waals surface area contributed by atoms with Gasteiger partial charge in [0.25, 0.3) is 5.56 Å². The minimum Gasteiger partial charge on any atom is -0.384 e. The molecule has 1 amide bonds. The van der Waals surface area contributed by atoms with Crippen molar-refractivity contribution in [2.75, 3.05) is 17.6 Å². The molecule has 0 fully saturated rings. The summed E-state index contributed by atoms with van der Waals surface area (Å²) in [7, 11) is 0. The number of aryl methyl sites for hydroxylation is 1. The number of nitrogens with zero attached hydrogens (tertiary/aromatic N) is 3. The summed E-state index contributed by atoms with van der Waals surface area (Å²) >= 11 is 6.57. The molecule has 2 heterocycles. The highest BCUT2D eigenvalue weighted by Gasteiger charge is 2.19. The van der Waals surface area contributed by atoms with E-state index in [0.29, 0.717) is 30.0 Å². The molecule has 0 aliphatic carbocycles. The Hall–Kier alpha value is -4.17. The van der Waals surface area contributed by atoms with Gasteiger partial charge in [-0.15, -0.1) is 0 Å². The number of carbonyl (C=O) groups is 1. The van der Waals surface area contributed by atoms with E-state index < -0.39 is 5.56 Å². The Morgan fingerprint density at radius 1 is 1.00 bits per heavy atom. The fourth-order valence-corrected chi connectivity index (χ4v) is 4.13. The number of nitrogen functional groups attached to an aromatic ring is 1. The van der Waals surface area contributed by atoms with Gasteiger partial charge in [0.15, 0.2) is 11.0 Å². The second-order valence-electron chi connectivity index (χ2n) is 8.28. The average Bonchev–Trinajstić information content (AvgIpc) is 2.87. The van der Waals surface area contributed by atoms with E-state index in [1.54, 1.807) is 6.07 Å². The predicted octanol–water partition coefficient (Wildman–Crippen LogP) is 3.82. The first kappa shape index (κ1) is 24.9. The highest BCUT2D eigenvalue weighted by molar-refractivity contribution is 6.32. The molecule has 0 aliphatic rings. The molecule has 8 nitrogen and oxygen atoms in total. The van der Waals surface area contributed by atoms with Gasteiger partial charge in [0.1, 0.15) is 12.4 Å². The van der Waals surface area contributed by atoms with Crippen LogP contribution in [0.25, 0.3) is 11.3 Å². The van der Waals surface area contributed by atoms with Crippen LogP contribution in [0.3, 0.4) is 0 Å². The summed E-state index contributed by atoms with van der Waals surface area (Å²) in [5.41, 5.74) is 9.06. The van der Waals surface area contributed by atoms with Crippen LogP contribution in [0.2, 0.25) is 5.15 Å². The topological polar surface area (TPSA) is 115 Å². The first-order valence-electron chi connectivity index (χ1n) is 11.5. The Morgan fingerprint density at radius 3 is 2.39 bits per heavy atom. The van der Waals surface area contributed by atoms with Crippen molar-refractivity contribution in [1.82, 2.24) is 19.9 Å². The highest BCUT2D eigenvalue weighted by Crippen LogP contribution is 2.26. The molecule has 36 heavy (non-hydrogen) atoms. The lowest BCUT2D eigenvalue weighted by Crippen LogP contribution is -2.35. The van der Waals surface area contributed by atoms with Crippen LogP contribution in [-0.2, 0) is 24.3 Å². The average molecular weight is 503 g/mol. The minimum atomic E-state index is -0.424. The lowest BCUT2D eigenvalue weighted by Gasteiger charge is -2.17. The monoisotopic (exact) mass is 502 g/mol. The molecule has 0 unspecified atom stereocenters. The van der Waals surface area contributed by atoms with Crippen molar-refractivity contribution in [2.24, 2.45) is 0 Å². The van der Waals surface area contributed by atoms with Crippen molar-refractivity contribution in [2.45, 2.75) is 26.4 Å². The van der Waals surface area contributed by atoms with Crippen molar-refractivity contribution in [3.63, 3.8) is 0 Å². The van der Waals surface area contributed by atoms with Gasteiger partial charge in [0.05, 0.1) is 5.69 Å². The smallest absolute Gasteiger partial charge is 0.294 e. The number of rotatable bonds is 9. The van der Waals surface area contributed by atoms with Crippen LogP contribution in [0.15, 0.2) is 77.6 Å². The molecule has 0 bridgehead atoms. The van der Waals surface area contributed by atoms with Crippen LogP contribution in [0.1, 0.15) is 16.8 Å². The van der Waals surface area contributed by atoms with Crippen LogP contribution < -0.4 is 21.9 Å². The molecule has 2 aromatic carbocycles. The van der Waals surface area contributed by atoms with Gasteiger partial charge in [-0.25, -0.2) is 9.97 Å². The zero-order valence-electron chi connectivity index (χ0n) is 19.9. The lowest BCUT2D eigenvalue weighted by molar-refractivity contribution is -0.121. The van der Waals surface area contributed by atoms with Gasteiger partial charge in [-0.2, -0.15) is 0 Å². The van der Waals surface area contributed by atoms with Gasteiger partial charge in [-0.1, -0.05) is 78.3 Å². The number of hydrogen-bond donors (Lipinski definition) is 3. The quantitative estimate of drug-likeness (QED) is 0.320. The van der Waals surface area contributed by atoms with E-state index >= 15 is 0 Å². The number of carbonyl (C=O) groups excluding carboxylic acids is 1. The Bertz CT molecular complexity index is 1410. The van der Waals surface area contributed by atoms with Gasteiger partial charge in [0.2, 0.25) is 5.91 Å². The van der Waals surface area contributed by atoms with Crippen molar-refractivity contribution < 1.29 is 4.79 Å². The van der Waals surface area contributed by atoms with E-state index in [0.717, 1.165) is 16.8 Å². The van der Waals surface area contributed by atoms with Gasteiger partial charge < -0.3 is 16.4 Å². The van der Waals surface area contributed by atoms with Crippen molar-refractivity contribution in [3.05, 3.63) is 105 Å². The van der Waals surface area contributed by atoms with Gasteiger partial charge >= 0.3 is 0 Å². The second-order valence-corrected chi connectivity index (χ2v) is 8.63. The number of hydrogen-bond acceptors (Lipinski definition) is 6. The van der Waals surface area contributed by atoms with Crippen LogP contribution in [0, 0.1) is 6.92 Å². The fourth-order valence-electron chi connectivity index (χ4n) is 3.84. The molecule has 0 spiro atoms. The molecule has 0 saturated carbocycles. The second kappa shape index (κ2) is 11.5. The molecular weight excluding hydrogens is 476 g/mol. The number of nitrogens with one attached hydrogen (secondary N) is 2. The predicted molar refractivity (Wildman–Crippen MR) is 143 cm³/mol. The molecule has 0 atom stereocenters. The number of anilines is 2. The van der Waals surface area contributed by atoms with Crippen LogP contribution in [-0.4, -0.2) is 27.0 Å². The van der Waals surface area contributed by atoms with Crippen LogP contribution >= 0.6 is 11.6 Å². The number of pyridine rings is 1.